The van der Waals surface area contributed by atoms with Crippen molar-refractivity contribution < 1.29 is 19.4 Å². The van der Waals surface area contributed by atoms with Crippen molar-refractivity contribution in [2.24, 2.45) is 30.2 Å². The molecule has 0 saturated carbocycles. The second kappa shape index (κ2) is 13.4. The number of Topliss-reactive ketones (excluding diaryl/α,β-unsaturated/α-hetero) is 1. The molecule has 1 N–H and O–H groups in total. The molecule has 0 fully saturated rings. The molecule has 2 rings (SSSR count). The zero-order valence-electron chi connectivity index (χ0n) is 23.7. The van der Waals surface area contributed by atoms with E-state index in [-0.39, 0.29) is 29.1 Å². The lowest BCUT2D eigenvalue weighted by Gasteiger charge is -2.31. The van der Waals surface area contributed by atoms with Crippen molar-refractivity contribution in [1.82, 2.24) is 9.55 Å². The Morgan fingerprint density at radius 2 is 1.86 bits per heavy atom. The van der Waals surface area contributed by atoms with Gasteiger partial charge in [0.1, 0.15) is 17.7 Å². The molecule has 0 aliphatic heterocycles. The summed E-state index contributed by atoms with van der Waals surface area (Å²) in [6.07, 6.45) is 5.53. The van der Waals surface area contributed by atoms with Crippen LogP contribution in [0.1, 0.15) is 104 Å². The Morgan fingerprint density at radius 1 is 1.17 bits per heavy atom. The zero-order valence-corrected chi connectivity index (χ0v) is 23.7. The second-order valence-corrected chi connectivity index (χ2v) is 11.6. The number of aryl methyl sites for hydroxylation is 2. The molecule has 1 aromatic carbocycles. The molecule has 0 aliphatic carbocycles. The molecule has 1 heterocycles. The van der Waals surface area contributed by atoms with Crippen LogP contribution in [0.3, 0.4) is 0 Å². The van der Waals surface area contributed by atoms with Gasteiger partial charge in [-0.15, -0.1) is 0 Å². The number of hydrogen-bond acceptors (Lipinski definition) is 5. The van der Waals surface area contributed by atoms with Crippen LogP contribution in [-0.4, -0.2) is 33.0 Å². The molecule has 0 radical (unpaired) electrons. The highest BCUT2D eigenvalue weighted by molar-refractivity contribution is 5.86. The summed E-state index contributed by atoms with van der Waals surface area (Å²) in [6.45, 7) is 14.7. The van der Waals surface area contributed by atoms with Crippen molar-refractivity contribution in [3.05, 3.63) is 29.6 Å². The van der Waals surface area contributed by atoms with E-state index in [0.717, 1.165) is 67.4 Å². The van der Waals surface area contributed by atoms with E-state index < -0.39 is 6.10 Å². The molecule has 36 heavy (non-hydrogen) atoms. The van der Waals surface area contributed by atoms with Crippen molar-refractivity contribution in [2.75, 3.05) is 0 Å². The Morgan fingerprint density at radius 3 is 2.50 bits per heavy atom. The third-order valence-electron chi connectivity index (χ3n) is 8.05. The van der Waals surface area contributed by atoms with Crippen LogP contribution in [0, 0.1) is 30.1 Å². The van der Waals surface area contributed by atoms with Gasteiger partial charge in [-0.25, -0.2) is 4.98 Å². The maximum atomic E-state index is 12.9. The molecule has 3 unspecified atom stereocenters. The van der Waals surface area contributed by atoms with Crippen LogP contribution in [-0.2, 0) is 21.4 Å². The summed E-state index contributed by atoms with van der Waals surface area (Å²) >= 11 is 0. The van der Waals surface area contributed by atoms with Crippen LogP contribution in [0.15, 0.2) is 18.2 Å². The zero-order chi connectivity index (χ0) is 27.0. The van der Waals surface area contributed by atoms with E-state index in [1.165, 1.54) is 0 Å². The number of carbonyl (C=O) groups excluding carboxylic acids is 2. The van der Waals surface area contributed by atoms with Crippen molar-refractivity contribution >= 4 is 23.3 Å². The molecule has 6 nitrogen and oxygen atoms in total. The Hall–Kier alpha value is -2.21. The summed E-state index contributed by atoms with van der Waals surface area (Å²) in [5, 5.41) is 10.8. The summed E-state index contributed by atoms with van der Waals surface area (Å²) in [7, 11) is 2.00. The van der Waals surface area contributed by atoms with Gasteiger partial charge >= 0.3 is 0 Å². The fraction of sp³-hybridized carbons (Fsp3) is 0.700. The lowest BCUT2D eigenvalue weighted by atomic mass is 9.74. The first-order chi connectivity index (χ1) is 16.9. The van der Waals surface area contributed by atoms with E-state index in [0.29, 0.717) is 12.4 Å². The van der Waals surface area contributed by atoms with E-state index >= 15 is 0 Å². The van der Waals surface area contributed by atoms with Gasteiger partial charge in [0.25, 0.3) is 6.47 Å². The number of imidazole rings is 1. The Labute approximate surface area is 217 Å². The predicted molar refractivity (Wildman–Crippen MR) is 146 cm³/mol. The predicted octanol–water partition coefficient (Wildman–Crippen LogP) is 6.71. The van der Waals surface area contributed by atoms with Crippen molar-refractivity contribution in [3.63, 3.8) is 0 Å². The number of carbonyl (C=O) groups is 2. The SMILES string of the molecule is CCCC(C)(C)C(=O)[C@H](C)C(O)[C@@H](C)CCCC(C)CCC(OC=O)c1ccc2c(c1)nc(C)n2C. The number of aliphatic hydroxyl groups is 1. The third kappa shape index (κ3) is 7.64. The number of ether oxygens (including phenoxy) is 1. The molecule has 202 valence electrons. The summed E-state index contributed by atoms with van der Waals surface area (Å²) in [5.74, 6) is 1.31. The molecule has 5 atom stereocenters. The van der Waals surface area contributed by atoms with Crippen molar-refractivity contribution in [2.45, 2.75) is 106 Å². The second-order valence-electron chi connectivity index (χ2n) is 11.6. The molecule has 0 spiro atoms. The van der Waals surface area contributed by atoms with Crippen LogP contribution < -0.4 is 0 Å². The largest absolute Gasteiger partial charge is 0.460 e. The average Bonchev–Trinajstić information content (AvgIpc) is 3.12. The average molecular weight is 501 g/mol. The van der Waals surface area contributed by atoms with E-state index in [1.54, 1.807) is 0 Å². The normalized spacial score (nSPS) is 16.4. The molecular formula is C30H48N2O4. The van der Waals surface area contributed by atoms with E-state index in [1.807, 2.05) is 52.9 Å². The van der Waals surface area contributed by atoms with Gasteiger partial charge in [0.15, 0.2) is 0 Å². The maximum Gasteiger partial charge on any atom is 0.293 e. The molecule has 2 aromatic rings. The van der Waals surface area contributed by atoms with Gasteiger partial charge in [0, 0.05) is 18.4 Å². The standard InChI is InChI=1S/C30H48N2O4/c1-9-17-30(6,7)29(35)22(4)28(34)21(3)12-10-11-20(2)13-16-27(36-19-33)24-14-15-26-25(18-24)31-23(5)32(26)8/h14-15,18-22,27-28,34H,9-13,16-17H2,1-8H3/t20?,21-,22+,27?,28?/m0/s1. The highest BCUT2D eigenvalue weighted by Crippen LogP contribution is 2.32. The van der Waals surface area contributed by atoms with E-state index in [4.69, 9.17) is 4.74 Å². The number of hydrogen-bond donors (Lipinski definition) is 1. The quantitative estimate of drug-likeness (QED) is 0.259. The molecule has 0 saturated heterocycles. The fourth-order valence-corrected chi connectivity index (χ4v) is 5.47. The summed E-state index contributed by atoms with van der Waals surface area (Å²) in [6, 6.07) is 6.08. The van der Waals surface area contributed by atoms with Crippen molar-refractivity contribution in [3.8, 4) is 0 Å². The number of aliphatic hydroxyl groups excluding tert-OH is 1. The van der Waals surface area contributed by atoms with Crippen LogP contribution in [0.25, 0.3) is 11.0 Å². The molecule has 0 amide bonds. The summed E-state index contributed by atoms with van der Waals surface area (Å²) in [5.41, 5.74) is 2.57. The molecule has 0 aliphatic rings. The number of rotatable bonds is 16. The minimum absolute atomic E-state index is 0.0771. The number of fused-ring (bicyclic) bond motifs is 1. The molecule has 6 heteroatoms. The van der Waals surface area contributed by atoms with Crippen LogP contribution >= 0.6 is 0 Å². The lowest BCUT2D eigenvalue weighted by molar-refractivity contribution is -0.136. The highest BCUT2D eigenvalue weighted by atomic mass is 16.5. The number of nitrogens with zero attached hydrogens (tertiary/aromatic N) is 2. The van der Waals surface area contributed by atoms with Gasteiger partial charge in [-0.1, -0.05) is 66.9 Å². The van der Waals surface area contributed by atoms with Crippen LogP contribution in [0.2, 0.25) is 0 Å². The topological polar surface area (TPSA) is 81.4 Å². The van der Waals surface area contributed by atoms with Crippen molar-refractivity contribution in [1.29, 1.82) is 0 Å². The van der Waals surface area contributed by atoms with Gasteiger partial charge < -0.3 is 14.4 Å². The Bertz CT molecular complexity index is 996. The smallest absolute Gasteiger partial charge is 0.293 e. The van der Waals surface area contributed by atoms with Gasteiger partial charge in [0.2, 0.25) is 0 Å². The van der Waals surface area contributed by atoms with Gasteiger partial charge in [-0.05, 0) is 62.1 Å². The first-order valence-corrected chi connectivity index (χ1v) is 13.7. The lowest BCUT2D eigenvalue weighted by Crippen LogP contribution is -2.38. The maximum absolute atomic E-state index is 12.9. The van der Waals surface area contributed by atoms with E-state index in [9.17, 15) is 14.7 Å². The molecule has 0 bridgehead atoms. The minimum atomic E-state index is -0.612. The monoisotopic (exact) mass is 500 g/mol. The number of ketones is 1. The first-order valence-electron chi connectivity index (χ1n) is 13.7. The Kier molecular flexibility index (Phi) is 11.1. The van der Waals surface area contributed by atoms with Gasteiger partial charge in [-0.3, -0.25) is 9.59 Å². The highest BCUT2D eigenvalue weighted by Gasteiger charge is 2.35. The van der Waals surface area contributed by atoms with Crippen LogP contribution in [0.4, 0.5) is 0 Å². The summed E-state index contributed by atoms with van der Waals surface area (Å²) < 4.78 is 7.50. The third-order valence-corrected chi connectivity index (χ3v) is 8.05. The van der Waals surface area contributed by atoms with E-state index in [2.05, 4.69) is 30.3 Å². The van der Waals surface area contributed by atoms with Gasteiger partial charge in [-0.2, -0.15) is 0 Å². The molecule has 1 aromatic heterocycles. The minimum Gasteiger partial charge on any atom is -0.460 e. The molecular weight excluding hydrogens is 452 g/mol. The number of benzene rings is 1. The first kappa shape index (κ1) is 30.0. The van der Waals surface area contributed by atoms with Gasteiger partial charge in [0.05, 0.1) is 17.1 Å². The summed E-state index contributed by atoms with van der Waals surface area (Å²) in [4.78, 5) is 28.7. The van der Waals surface area contributed by atoms with Crippen LogP contribution in [0.5, 0.6) is 0 Å². The number of aromatic nitrogens is 2. The Balaban J connectivity index is 1.85. The fourth-order valence-electron chi connectivity index (χ4n) is 5.47.